The summed E-state index contributed by atoms with van der Waals surface area (Å²) in [7, 11) is 0. The number of carbonyl (C=O) groups is 3. The molecule has 0 spiro atoms. The van der Waals surface area contributed by atoms with Crippen molar-refractivity contribution in [2.24, 2.45) is 0 Å². The van der Waals surface area contributed by atoms with Gasteiger partial charge in [0.1, 0.15) is 11.9 Å². The van der Waals surface area contributed by atoms with Gasteiger partial charge in [-0.15, -0.1) is 0 Å². The molecule has 34 heavy (non-hydrogen) atoms. The predicted molar refractivity (Wildman–Crippen MR) is 122 cm³/mol. The summed E-state index contributed by atoms with van der Waals surface area (Å²) >= 11 is 0. The van der Waals surface area contributed by atoms with E-state index in [9.17, 15) is 18.8 Å². The molecule has 5 rings (SSSR count). The molecule has 1 atom stereocenters. The van der Waals surface area contributed by atoms with Gasteiger partial charge < -0.3 is 15.5 Å². The number of amides is 3. The van der Waals surface area contributed by atoms with Crippen LogP contribution in [0.15, 0.2) is 36.7 Å². The third-order valence-corrected chi connectivity index (χ3v) is 7.36. The fourth-order valence-corrected chi connectivity index (χ4v) is 5.50. The number of nitrogens with one attached hydrogen (secondary N) is 3. The maximum atomic E-state index is 14.7. The van der Waals surface area contributed by atoms with Crippen molar-refractivity contribution in [3.05, 3.63) is 64.7 Å². The first kappa shape index (κ1) is 22.6. The molecule has 0 saturated carbocycles. The van der Waals surface area contributed by atoms with E-state index in [4.69, 9.17) is 0 Å². The van der Waals surface area contributed by atoms with Gasteiger partial charge in [0, 0.05) is 43.2 Å². The summed E-state index contributed by atoms with van der Waals surface area (Å²) in [5.41, 5.74) is 2.85. The van der Waals surface area contributed by atoms with E-state index in [0.29, 0.717) is 37.2 Å². The number of fused-ring (bicyclic) bond motifs is 1. The number of hydrogen-bond acceptors (Lipinski definition) is 6. The highest BCUT2D eigenvalue weighted by Crippen LogP contribution is 2.35. The molecular weight excluding hydrogens is 437 g/mol. The average Bonchev–Trinajstić information content (AvgIpc) is 3.17. The van der Waals surface area contributed by atoms with Crippen LogP contribution >= 0.6 is 0 Å². The van der Waals surface area contributed by atoms with E-state index in [-0.39, 0.29) is 29.5 Å². The second-order valence-corrected chi connectivity index (χ2v) is 9.33. The standard InChI is InChI=1S/C25H28FN5O3/c26-20-13-28-9-6-19(20)25(7-10-27-11-8-25)15-29-12-16-2-1-3-17-18(16)14-31(24(17)34)21-4-5-22(32)30-23(21)33/h1-3,6,9,13,21,27,29H,4-5,7-8,10-12,14-15H2,(H,30,32,33). The molecule has 0 aliphatic carbocycles. The Bertz CT molecular complexity index is 1130. The Hall–Kier alpha value is -3.17. The van der Waals surface area contributed by atoms with E-state index >= 15 is 0 Å². The van der Waals surface area contributed by atoms with Gasteiger partial charge in [0.15, 0.2) is 0 Å². The SMILES string of the molecule is O=C1CCC(N2Cc3c(CNCC4(c5ccncc5F)CCNCC4)cccc3C2=O)C(=O)N1. The van der Waals surface area contributed by atoms with Gasteiger partial charge in [-0.3, -0.25) is 24.7 Å². The van der Waals surface area contributed by atoms with E-state index in [0.717, 1.165) is 37.1 Å². The molecule has 1 aromatic heterocycles. The number of benzene rings is 1. The highest BCUT2D eigenvalue weighted by Gasteiger charge is 2.40. The van der Waals surface area contributed by atoms with Crippen LogP contribution in [0.4, 0.5) is 4.39 Å². The highest BCUT2D eigenvalue weighted by atomic mass is 19.1. The van der Waals surface area contributed by atoms with Crippen molar-refractivity contribution in [2.75, 3.05) is 19.6 Å². The van der Waals surface area contributed by atoms with E-state index in [1.54, 1.807) is 23.2 Å². The minimum absolute atomic E-state index is 0.181. The van der Waals surface area contributed by atoms with Crippen LogP contribution < -0.4 is 16.0 Å². The van der Waals surface area contributed by atoms with Gasteiger partial charge in [-0.2, -0.15) is 0 Å². The summed E-state index contributed by atoms with van der Waals surface area (Å²) < 4.78 is 14.7. The number of carbonyl (C=O) groups excluding carboxylic acids is 3. The zero-order valence-corrected chi connectivity index (χ0v) is 18.9. The molecule has 2 fully saturated rings. The maximum absolute atomic E-state index is 14.7. The molecule has 4 heterocycles. The lowest BCUT2D eigenvalue weighted by Crippen LogP contribution is -2.52. The normalized spacial score (nSPS) is 22.0. The highest BCUT2D eigenvalue weighted by molar-refractivity contribution is 6.05. The third-order valence-electron chi connectivity index (χ3n) is 7.36. The molecule has 0 bridgehead atoms. The molecule has 1 aromatic carbocycles. The van der Waals surface area contributed by atoms with Crippen LogP contribution in [0.25, 0.3) is 0 Å². The Morgan fingerprint density at radius 1 is 1.18 bits per heavy atom. The monoisotopic (exact) mass is 465 g/mol. The van der Waals surface area contributed by atoms with Crippen molar-refractivity contribution in [3.63, 3.8) is 0 Å². The number of pyridine rings is 1. The molecule has 3 aliphatic rings. The van der Waals surface area contributed by atoms with Gasteiger partial charge in [-0.1, -0.05) is 12.1 Å². The summed E-state index contributed by atoms with van der Waals surface area (Å²) in [4.78, 5) is 42.4. The molecule has 2 aromatic rings. The molecule has 178 valence electrons. The van der Waals surface area contributed by atoms with Crippen LogP contribution in [0.2, 0.25) is 0 Å². The molecule has 3 amide bonds. The number of nitrogens with zero attached hydrogens (tertiary/aromatic N) is 2. The lowest BCUT2D eigenvalue weighted by Gasteiger charge is -2.38. The van der Waals surface area contributed by atoms with Crippen LogP contribution in [0.1, 0.15) is 52.7 Å². The zero-order valence-electron chi connectivity index (χ0n) is 18.9. The number of aromatic nitrogens is 1. The fourth-order valence-electron chi connectivity index (χ4n) is 5.50. The van der Waals surface area contributed by atoms with Gasteiger partial charge in [0.2, 0.25) is 11.8 Å². The first-order valence-corrected chi connectivity index (χ1v) is 11.8. The summed E-state index contributed by atoms with van der Waals surface area (Å²) in [5, 5.41) is 9.22. The Morgan fingerprint density at radius 3 is 2.76 bits per heavy atom. The first-order valence-electron chi connectivity index (χ1n) is 11.8. The van der Waals surface area contributed by atoms with Gasteiger partial charge in [-0.05, 0) is 61.2 Å². The lowest BCUT2D eigenvalue weighted by atomic mass is 9.73. The van der Waals surface area contributed by atoms with E-state index in [1.807, 2.05) is 12.1 Å². The van der Waals surface area contributed by atoms with Crippen molar-refractivity contribution in [2.45, 2.75) is 50.2 Å². The maximum Gasteiger partial charge on any atom is 0.255 e. The van der Waals surface area contributed by atoms with Crippen molar-refractivity contribution in [1.82, 2.24) is 25.8 Å². The second-order valence-electron chi connectivity index (χ2n) is 9.33. The molecule has 1 unspecified atom stereocenters. The molecule has 9 heteroatoms. The van der Waals surface area contributed by atoms with Crippen LogP contribution in [-0.4, -0.2) is 53.3 Å². The van der Waals surface area contributed by atoms with Gasteiger partial charge in [0.05, 0.1) is 6.20 Å². The predicted octanol–water partition coefficient (Wildman–Crippen LogP) is 1.39. The van der Waals surface area contributed by atoms with Crippen LogP contribution in [0, 0.1) is 5.82 Å². The minimum Gasteiger partial charge on any atom is -0.322 e. The number of halogens is 1. The molecule has 0 radical (unpaired) electrons. The Labute approximate surface area is 197 Å². The first-order chi connectivity index (χ1) is 16.5. The van der Waals surface area contributed by atoms with Crippen molar-refractivity contribution < 1.29 is 18.8 Å². The quantitative estimate of drug-likeness (QED) is 0.558. The Morgan fingerprint density at radius 2 is 2.00 bits per heavy atom. The molecule has 3 N–H and O–H groups in total. The number of imide groups is 1. The van der Waals surface area contributed by atoms with Gasteiger partial charge in [-0.25, -0.2) is 4.39 Å². The molecule has 3 aliphatic heterocycles. The largest absolute Gasteiger partial charge is 0.322 e. The number of hydrogen-bond donors (Lipinski definition) is 3. The molecule has 8 nitrogen and oxygen atoms in total. The average molecular weight is 466 g/mol. The van der Waals surface area contributed by atoms with Gasteiger partial charge in [0.25, 0.3) is 5.91 Å². The summed E-state index contributed by atoms with van der Waals surface area (Å²) in [6, 6.07) is 6.76. The summed E-state index contributed by atoms with van der Waals surface area (Å²) in [5.74, 6) is -1.17. The van der Waals surface area contributed by atoms with Crippen LogP contribution in [-0.2, 0) is 28.1 Å². The molecular formula is C25H28FN5O3. The van der Waals surface area contributed by atoms with Crippen LogP contribution in [0.5, 0.6) is 0 Å². The Kier molecular flexibility index (Phi) is 6.14. The number of rotatable bonds is 6. The van der Waals surface area contributed by atoms with Gasteiger partial charge >= 0.3 is 0 Å². The summed E-state index contributed by atoms with van der Waals surface area (Å²) in [6.07, 6.45) is 5.12. The van der Waals surface area contributed by atoms with Crippen molar-refractivity contribution >= 4 is 17.7 Å². The molecule has 2 saturated heterocycles. The third kappa shape index (κ3) is 4.10. The van der Waals surface area contributed by atoms with E-state index in [1.165, 1.54) is 6.20 Å². The topological polar surface area (TPSA) is 103 Å². The second kappa shape index (κ2) is 9.23. The van der Waals surface area contributed by atoms with Crippen molar-refractivity contribution in [1.29, 1.82) is 0 Å². The lowest BCUT2D eigenvalue weighted by molar-refractivity contribution is -0.136. The van der Waals surface area contributed by atoms with E-state index in [2.05, 4.69) is 20.9 Å². The zero-order chi connectivity index (χ0) is 23.7. The van der Waals surface area contributed by atoms with Crippen molar-refractivity contribution in [3.8, 4) is 0 Å². The van der Waals surface area contributed by atoms with Crippen LogP contribution in [0.3, 0.4) is 0 Å². The number of piperidine rings is 2. The minimum atomic E-state index is -0.633. The smallest absolute Gasteiger partial charge is 0.255 e. The fraction of sp³-hybridized carbons (Fsp3) is 0.440. The summed E-state index contributed by atoms with van der Waals surface area (Å²) in [6.45, 7) is 3.11. The Balaban J connectivity index is 1.32. The van der Waals surface area contributed by atoms with E-state index < -0.39 is 11.9 Å².